The summed E-state index contributed by atoms with van der Waals surface area (Å²) in [5, 5.41) is 5.25. The first-order chi connectivity index (χ1) is 29.9. The van der Waals surface area contributed by atoms with Gasteiger partial charge in [-0.15, -0.1) is 0 Å². The van der Waals surface area contributed by atoms with E-state index in [0.29, 0.717) is 0 Å². The number of allylic oxidation sites excluding steroid dienone is 1. The molecular formula is C59H56BN3. The van der Waals surface area contributed by atoms with E-state index in [2.05, 4.69) is 230 Å². The van der Waals surface area contributed by atoms with E-state index in [4.69, 9.17) is 0 Å². The molecule has 12 rings (SSSR count). The monoisotopic (exact) mass is 817 g/mol. The summed E-state index contributed by atoms with van der Waals surface area (Å²) >= 11 is 0. The number of hydrogen-bond acceptors (Lipinski definition) is 1. The molecule has 0 saturated carbocycles. The van der Waals surface area contributed by atoms with E-state index >= 15 is 0 Å². The second-order valence-electron chi connectivity index (χ2n) is 22.3. The van der Waals surface area contributed by atoms with Crippen LogP contribution in [0.3, 0.4) is 0 Å². The Morgan fingerprint density at radius 3 is 1.86 bits per heavy atom. The van der Waals surface area contributed by atoms with E-state index in [1.807, 2.05) is 0 Å². The molecule has 0 amide bonds. The first-order valence-electron chi connectivity index (χ1n) is 23.0. The molecule has 0 bridgehead atoms. The molecular weight excluding hydrogens is 761 g/mol. The van der Waals surface area contributed by atoms with Crippen LogP contribution >= 0.6 is 0 Å². The van der Waals surface area contributed by atoms with Crippen molar-refractivity contribution in [2.45, 2.75) is 97.8 Å². The Kier molecular flexibility index (Phi) is 7.61. The van der Waals surface area contributed by atoms with Gasteiger partial charge in [0.1, 0.15) is 0 Å². The minimum atomic E-state index is -0.265. The molecule has 3 nitrogen and oxygen atoms in total. The van der Waals surface area contributed by atoms with Gasteiger partial charge in [0, 0.05) is 66.3 Å². The van der Waals surface area contributed by atoms with Crippen LogP contribution < -0.4 is 10.4 Å². The normalized spacial score (nSPS) is 15.5. The number of anilines is 2. The van der Waals surface area contributed by atoms with E-state index in [-0.39, 0.29) is 28.5 Å². The van der Waals surface area contributed by atoms with Gasteiger partial charge in [-0.25, -0.2) is 0 Å². The molecule has 7 aromatic carbocycles. The highest BCUT2D eigenvalue weighted by atomic mass is 15.2. The maximum absolute atomic E-state index is 2.79. The predicted molar refractivity (Wildman–Crippen MR) is 271 cm³/mol. The van der Waals surface area contributed by atoms with Gasteiger partial charge >= 0.3 is 6.85 Å². The zero-order chi connectivity index (χ0) is 43.7. The number of rotatable bonds is 2. The van der Waals surface area contributed by atoms with Gasteiger partial charge in [0.05, 0.1) is 11.0 Å². The standard InChI is InChI=1S/C59H56BN3/c1-56(2,3)35-25-28-39(29-26-35)62-49-33-37(58(7,8)9)32-44-51-50-41-22-16-18-24-46(41)61(38-19-13-12-14-20-38)48(50)34-43-42-31-36(57(4,5)6)27-30-47(42)63(54(43)51)60(52(44)49)53-40-21-15-17-23-45(40)59(10,11)55(53)62/h12-34H,1-11H3. The van der Waals surface area contributed by atoms with Crippen molar-refractivity contribution in [3.63, 3.8) is 0 Å². The predicted octanol–water partition coefficient (Wildman–Crippen LogP) is 14.9. The molecule has 0 spiro atoms. The summed E-state index contributed by atoms with van der Waals surface area (Å²) in [6.07, 6.45) is 0. The number of aromatic nitrogens is 2. The summed E-state index contributed by atoms with van der Waals surface area (Å²) < 4.78 is 5.31. The van der Waals surface area contributed by atoms with Crippen LogP contribution in [0.25, 0.3) is 65.9 Å². The van der Waals surface area contributed by atoms with Crippen LogP contribution in [0.1, 0.15) is 104 Å². The molecule has 3 aliphatic rings. The summed E-state index contributed by atoms with van der Waals surface area (Å²) in [6.45, 7) is 26.0. The van der Waals surface area contributed by atoms with E-state index in [1.165, 1.54) is 116 Å². The number of fused-ring (bicyclic) bond motifs is 12. The lowest BCUT2D eigenvalue weighted by molar-refractivity contribution is 0.589. The van der Waals surface area contributed by atoms with Crippen LogP contribution in [-0.2, 0) is 21.7 Å². The Morgan fingerprint density at radius 1 is 0.492 bits per heavy atom. The lowest BCUT2D eigenvalue weighted by Gasteiger charge is -2.44. The van der Waals surface area contributed by atoms with Crippen molar-refractivity contribution >= 4 is 72.8 Å². The molecule has 0 saturated heterocycles. The molecule has 0 fully saturated rings. The highest BCUT2D eigenvalue weighted by molar-refractivity contribution is 6.93. The van der Waals surface area contributed by atoms with Gasteiger partial charge in [-0.3, -0.25) is 0 Å². The van der Waals surface area contributed by atoms with Crippen LogP contribution in [0.5, 0.6) is 0 Å². The third-order valence-electron chi connectivity index (χ3n) is 14.9. The van der Waals surface area contributed by atoms with E-state index in [1.54, 1.807) is 0 Å². The van der Waals surface area contributed by atoms with Crippen molar-refractivity contribution in [2.24, 2.45) is 0 Å². The molecule has 1 aliphatic carbocycles. The van der Waals surface area contributed by atoms with Crippen molar-refractivity contribution in [1.29, 1.82) is 0 Å². The van der Waals surface area contributed by atoms with E-state index < -0.39 is 0 Å². The third-order valence-corrected chi connectivity index (χ3v) is 14.9. The SMILES string of the molecule is CC(C)(C)c1ccc(N2C3=C(B4c5c(cc(C(C)(C)C)cc52)-c2c5c6ccccc6n(-c6ccccc6)c5cc5c6cc(C(C)(C)C)ccc6n4c25)c2ccccc2C3(C)C)cc1. The largest absolute Gasteiger partial charge is 0.375 e. The summed E-state index contributed by atoms with van der Waals surface area (Å²) in [5.41, 5.74) is 22.2. The molecule has 63 heavy (non-hydrogen) atoms. The smallest absolute Gasteiger partial charge is 0.333 e. The summed E-state index contributed by atoms with van der Waals surface area (Å²) in [5.74, 6) is 0. The molecule has 4 heterocycles. The Bertz CT molecular complexity index is 3460. The van der Waals surface area contributed by atoms with Crippen LogP contribution in [0.2, 0.25) is 0 Å². The second kappa shape index (κ2) is 12.5. The van der Waals surface area contributed by atoms with E-state index in [9.17, 15) is 0 Å². The quantitative estimate of drug-likeness (QED) is 0.158. The average Bonchev–Trinajstić information content (AvgIpc) is 3.84. The van der Waals surface area contributed by atoms with Crippen LogP contribution in [0.4, 0.5) is 11.4 Å². The summed E-state index contributed by atoms with van der Waals surface area (Å²) in [6, 6.07) is 53.9. The second-order valence-corrected chi connectivity index (χ2v) is 22.3. The third kappa shape index (κ3) is 5.15. The maximum atomic E-state index is 2.79. The summed E-state index contributed by atoms with van der Waals surface area (Å²) in [4.78, 5) is 2.69. The van der Waals surface area contributed by atoms with Crippen molar-refractivity contribution < 1.29 is 0 Å². The van der Waals surface area contributed by atoms with Gasteiger partial charge in [0.2, 0.25) is 0 Å². The zero-order valence-corrected chi connectivity index (χ0v) is 38.7. The number of benzene rings is 7. The first kappa shape index (κ1) is 38.4. The highest BCUT2D eigenvalue weighted by Crippen LogP contribution is 2.58. The minimum absolute atomic E-state index is 0.00953. The van der Waals surface area contributed by atoms with Gasteiger partial charge in [0.15, 0.2) is 0 Å². The van der Waals surface area contributed by atoms with Gasteiger partial charge in [0.25, 0.3) is 0 Å². The van der Waals surface area contributed by atoms with Crippen molar-refractivity contribution in [1.82, 2.24) is 9.05 Å². The van der Waals surface area contributed by atoms with Crippen LogP contribution in [0.15, 0.2) is 145 Å². The van der Waals surface area contributed by atoms with Crippen LogP contribution in [0, 0.1) is 0 Å². The van der Waals surface area contributed by atoms with Crippen LogP contribution in [-0.4, -0.2) is 15.9 Å². The fourth-order valence-electron chi connectivity index (χ4n) is 11.7. The molecule has 0 radical (unpaired) electrons. The van der Waals surface area contributed by atoms with Gasteiger partial charge in [-0.05, 0) is 115 Å². The van der Waals surface area contributed by atoms with Gasteiger partial charge in [-0.1, -0.05) is 161 Å². The Hall–Kier alpha value is -6.26. The van der Waals surface area contributed by atoms with E-state index in [0.717, 1.165) is 0 Å². The fourth-order valence-corrected chi connectivity index (χ4v) is 11.7. The molecule has 0 unspecified atom stereocenters. The van der Waals surface area contributed by atoms with Crippen molar-refractivity contribution in [3.8, 4) is 16.8 Å². The molecule has 4 heteroatoms. The number of hydrogen-bond donors (Lipinski definition) is 0. The molecule has 2 aromatic heterocycles. The number of nitrogens with zero attached hydrogens (tertiary/aromatic N) is 3. The molecule has 0 atom stereocenters. The molecule has 0 N–H and O–H groups in total. The average molecular weight is 818 g/mol. The Morgan fingerprint density at radius 2 is 1.14 bits per heavy atom. The Balaban J connectivity index is 1.33. The molecule has 310 valence electrons. The zero-order valence-electron chi connectivity index (χ0n) is 38.7. The van der Waals surface area contributed by atoms with Crippen molar-refractivity contribution in [3.05, 3.63) is 173 Å². The topological polar surface area (TPSA) is 13.1 Å². The lowest BCUT2D eigenvalue weighted by Crippen LogP contribution is -2.50. The first-order valence-corrected chi connectivity index (χ1v) is 23.0. The molecule has 2 aliphatic heterocycles. The highest BCUT2D eigenvalue weighted by Gasteiger charge is 2.53. The molecule has 9 aromatic rings. The Labute approximate surface area is 372 Å². The number of para-hydroxylation sites is 2. The van der Waals surface area contributed by atoms with Gasteiger partial charge < -0.3 is 13.9 Å². The summed E-state index contributed by atoms with van der Waals surface area (Å²) in [7, 11) is 0. The lowest BCUT2D eigenvalue weighted by atomic mass is 9.43. The van der Waals surface area contributed by atoms with Crippen molar-refractivity contribution in [2.75, 3.05) is 4.90 Å². The fraction of sp³-hybridized carbons (Fsp3) is 0.254. The maximum Gasteiger partial charge on any atom is 0.333 e. The van der Waals surface area contributed by atoms with Gasteiger partial charge in [-0.2, -0.15) is 0 Å². The minimum Gasteiger partial charge on any atom is -0.375 e.